The first kappa shape index (κ1) is 19.7. The quantitative estimate of drug-likeness (QED) is 0.717. The third-order valence-electron chi connectivity index (χ3n) is 4.65. The molecule has 0 fully saturated rings. The van der Waals surface area contributed by atoms with Crippen LogP contribution in [0, 0.1) is 0 Å². The predicted molar refractivity (Wildman–Crippen MR) is 113 cm³/mol. The summed E-state index contributed by atoms with van der Waals surface area (Å²) in [5, 5.41) is 0.790. The number of hydrogen-bond acceptors (Lipinski definition) is 4. The second-order valence-electron chi connectivity index (χ2n) is 7.80. The number of anilines is 1. The van der Waals surface area contributed by atoms with E-state index in [0.29, 0.717) is 26.0 Å². The molecule has 0 N–H and O–H groups in total. The molecule has 144 valence electrons. The second kappa shape index (κ2) is 8.32. The van der Waals surface area contributed by atoms with E-state index in [-0.39, 0.29) is 5.41 Å². The molecule has 0 aromatic heterocycles. The lowest BCUT2D eigenvalue weighted by Gasteiger charge is -2.35. The van der Waals surface area contributed by atoms with Gasteiger partial charge in [-0.3, -0.25) is 9.80 Å². The molecule has 1 aliphatic rings. The van der Waals surface area contributed by atoms with E-state index in [0.717, 1.165) is 22.8 Å². The average Bonchev–Trinajstić information content (AvgIpc) is 2.64. The number of ether oxygens (including phenoxy) is 1. The van der Waals surface area contributed by atoms with Gasteiger partial charge in [-0.1, -0.05) is 62.7 Å². The molecule has 0 saturated heterocycles. The number of rotatable bonds is 4. The molecule has 0 spiro atoms. The maximum atomic E-state index is 6.33. The highest BCUT2D eigenvalue weighted by molar-refractivity contribution is 6.31. The van der Waals surface area contributed by atoms with Gasteiger partial charge >= 0.3 is 0 Å². The van der Waals surface area contributed by atoms with Crippen LogP contribution in [0.5, 0.6) is 0 Å². The molecule has 0 radical (unpaired) electrons. The van der Waals surface area contributed by atoms with Crippen molar-refractivity contribution in [1.29, 1.82) is 0 Å². The molecule has 3 rings (SSSR count). The lowest BCUT2D eigenvalue weighted by molar-refractivity contribution is 0.237. The Morgan fingerprint density at radius 2 is 1.78 bits per heavy atom. The first-order chi connectivity index (χ1) is 12.9. The molecule has 0 atom stereocenters. The number of amidine groups is 1. The van der Waals surface area contributed by atoms with E-state index in [2.05, 4.69) is 65.9 Å². The third kappa shape index (κ3) is 4.82. The van der Waals surface area contributed by atoms with Crippen molar-refractivity contribution in [1.82, 2.24) is 4.90 Å². The van der Waals surface area contributed by atoms with Crippen LogP contribution in [0.25, 0.3) is 0 Å². The largest absolute Gasteiger partial charge is 0.465 e. The van der Waals surface area contributed by atoms with Crippen molar-refractivity contribution in [2.45, 2.75) is 39.7 Å². The maximum absolute atomic E-state index is 6.33. The molecule has 0 unspecified atom stereocenters. The molecule has 0 amide bonds. The summed E-state index contributed by atoms with van der Waals surface area (Å²) in [4.78, 5) is 9.03. The fourth-order valence-corrected chi connectivity index (χ4v) is 3.30. The molecule has 27 heavy (non-hydrogen) atoms. The minimum absolute atomic E-state index is 0.132. The Hall–Kier alpha value is -2.04. The zero-order chi connectivity index (χ0) is 19.4. The summed E-state index contributed by atoms with van der Waals surface area (Å²) in [5.41, 5.74) is 3.63. The van der Waals surface area contributed by atoms with Crippen LogP contribution in [-0.4, -0.2) is 30.9 Å². The summed E-state index contributed by atoms with van der Waals surface area (Å²) in [6, 6.07) is 17.3. The van der Waals surface area contributed by atoms with E-state index >= 15 is 0 Å². The molecule has 0 bridgehead atoms. The second-order valence-corrected chi connectivity index (χ2v) is 8.21. The molecule has 1 aliphatic heterocycles. The van der Waals surface area contributed by atoms with Crippen LogP contribution in [0.3, 0.4) is 0 Å². The fraction of sp³-hybridized carbons (Fsp3) is 0.409. The Balaban J connectivity index is 1.82. The van der Waals surface area contributed by atoms with E-state index in [1.807, 2.05) is 25.1 Å². The molecule has 2 aromatic carbocycles. The van der Waals surface area contributed by atoms with Gasteiger partial charge in [0.1, 0.15) is 0 Å². The van der Waals surface area contributed by atoms with Crippen molar-refractivity contribution >= 4 is 23.3 Å². The number of halogens is 1. The van der Waals surface area contributed by atoms with Gasteiger partial charge < -0.3 is 4.74 Å². The van der Waals surface area contributed by atoms with E-state index in [1.54, 1.807) is 0 Å². The summed E-state index contributed by atoms with van der Waals surface area (Å²) in [6.07, 6.45) is 0. The number of hydrogen-bond donors (Lipinski definition) is 0. The monoisotopic (exact) mass is 385 g/mol. The van der Waals surface area contributed by atoms with Gasteiger partial charge in [0.05, 0.1) is 19.9 Å². The van der Waals surface area contributed by atoms with Gasteiger partial charge in [-0.05, 0) is 41.7 Å². The van der Waals surface area contributed by atoms with Crippen molar-refractivity contribution in [3.8, 4) is 0 Å². The van der Waals surface area contributed by atoms with Gasteiger partial charge in [0, 0.05) is 17.3 Å². The number of benzene rings is 2. The Morgan fingerprint density at radius 1 is 1.07 bits per heavy atom. The zero-order valence-corrected chi connectivity index (χ0v) is 17.3. The van der Waals surface area contributed by atoms with E-state index < -0.39 is 0 Å². The molecular formula is C22H28ClN3O. The SMILES string of the molecule is CCOC1=NCN(Cc2ccccc2Cl)CN1c1ccc(C(C)(C)C)cc1. The lowest BCUT2D eigenvalue weighted by atomic mass is 9.87. The van der Waals surface area contributed by atoms with E-state index in [4.69, 9.17) is 16.3 Å². The number of aliphatic imine (C=N–C) groups is 1. The van der Waals surface area contributed by atoms with Crippen molar-refractivity contribution in [2.75, 3.05) is 24.8 Å². The molecule has 0 saturated carbocycles. The fourth-order valence-electron chi connectivity index (χ4n) is 3.10. The number of nitrogens with zero attached hydrogens (tertiary/aromatic N) is 3. The standard InChI is InChI=1S/C22H28ClN3O/c1-5-27-21-24-15-25(14-17-8-6-7-9-20(17)23)16-26(21)19-12-10-18(11-13-19)22(2,3)4/h6-13H,5,14-16H2,1-4H3. The first-order valence-corrected chi connectivity index (χ1v) is 9.77. The molecular weight excluding hydrogens is 358 g/mol. The summed E-state index contributed by atoms with van der Waals surface area (Å²) in [7, 11) is 0. The van der Waals surface area contributed by atoms with Crippen LogP contribution in [0.2, 0.25) is 5.02 Å². The smallest absolute Gasteiger partial charge is 0.294 e. The Kier molecular flexibility index (Phi) is 6.08. The first-order valence-electron chi connectivity index (χ1n) is 9.39. The van der Waals surface area contributed by atoms with Crippen molar-refractivity contribution in [3.63, 3.8) is 0 Å². The molecule has 5 heteroatoms. The Bertz CT molecular complexity index is 796. The van der Waals surface area contributed by atoms with Crippen molar-refractivity contribution in [3.05, 3.63) is 64.7 Å². The van der Waals surface area contributed by atoms with Crippen molar-refractivity contribution in [2.24, 2.45) is 4.99 Å². The van der Waals surface area contributed by atoms with Crippen LogP contribution in [0.1, 0.15) is 38.8 Å². The summed E-state index contributed by atoms with van der Waals surface area (Å²) < 4.78 is 5.79. The Morgan fingerprint density at radius 3 is 2.41 bits per heavy atom. The summed E-state index contributed by atoms with van der Waals surface area (Å²) in [6.45, 7) is 11.3. The molecule has 4 nitrogen and oxygen atoms in total. The van der Waals surface area contributed by atoms with Crippen molar-refractivity contribution < 1.29 is 4.74 Å². The lowest BCUT2D eigenvalue weighted by Crippen LogP contribution is -2.47. The van der Waals surface area contributed by atoms with Crippen LogP contribution in [-0.2, 0) is 16.7 Å². The maximum Gasteiger partial charge on any atom is 0.294 e. The highest BCUT2D eigenvalue weighted by atomic mass is 35.5. The topological polar surface area (TPSA) is 28.1 Å². The Labute approximate surface area is 167 Å². The van der Waals surface area contributed by atoms with E-state index in [1.165, 1.54) is 5.56 Å². The van der Waals surface area contributed by atoms with Crippen LogP contribution in [0.4, 0.5) is 5.69 Å². The van der Waals surface area contributed by atoms with Gasteiger partial charge in [-0.25, -0.2) is 4.99 Å². The molecule has 1 heterocycles. The summed E-state index contributed by atoms with van der Waals surface area (Å²) in [5.74, 6) is 0. The third-order valence-corrected chi connectivity index (χ3v) is 5.02. The molecule has 2 aromatic rings. The van der Waals surface area contributed by atoms with Gasteiger partial charge in [0.15, 0.2) is 0 Å². The normalized spacial score (nSPS) is 15.6. The molecule has 0 aliphatic carbocycles. The zero-order valence-electron chi connectivity index (χ0n) is 16.6. The highest BCUT2D eigenvalue weighted by Gasteiger charge is 2.24. The van der Waals surface area contributed by atoms with Gasteiger partial charge in [0.2, 0.25) is 0 Å². The highest BCUT2D eigenvalue weighted by Crippen LogP contribution is 2.27. The van der Waals surface area contributed by atoms with Gasteiger partial charge in [0.25, 0.3) is 6.02 Å². The average molecular weight is 386 g/mol. The van der Waals surface area contributed by atoms with Gasteiger partial charge in [-0.15, -0.1) is 0 Å². The van der Waals surface area contributed by atoms with E-state index in [9.17, 15) is 0 Å². The predicted octanol–water partition coefficient (Wildman–Crippen LogP) is 5.27. The minimum atomic E-state index is 0.132. The van der Waals surface area contributed by atoms with Crippen LogP contribution >= 0.6 is 11.6 Å². The minimum Gasteiger partial charge on any atom is -0.465 e. The van der Waals surface area contributed by atoms with Crippen LogP contribution in [0.15, 0.2) is 53.5 Å². The van der Waals surface area contributed by atoms with Gasteiger partial charge in [-0.2, -0.15) is 0 Å². The summed E-state index contributed by atoms with van der Waals surface area (Å²) >= 11 is 6.33. The van der Waals surface area contributed by atoms with Crippen LogP contribution < -0.4 is 4.90 Å².